The molecular formula is C9H15N5O3. The molecule has 8 nitrogen and oxygen atoms in total. The predicted octanol–water partition coefficient (Wildman–Crippen LogP) is -0.0354. The van der Waals surface area contributed by atoms with Crippen LogP contribution in [0.1, 0.15) is 42.7 Å². The highest BCUT2D eigenvalue weighted by atomic mass is 16.4. The summed E-state index contributed by atoms with van der Waals surface area (Å²) in [4.78, 5) is 21.5. The van der Waals surface area contributed by atoms with Crippen molar-refractivity contribution in [3.63, 3.8) is 0 Å². The van der Waals surface area contributed by atoms with Crippen LogP contribution in [0.3, 0.4) is 0 Å². The molecule has 0 saturated carbocycles. The average molecular weight is 241 g/mol. The van der Waals surface area contributed by atoms with Crippen molar-refractivity contribution in [2.45, 2.75) is 32.1 Å². The number of amides is 1. The van der Waals surface area contributed by atoms with Crippen molar-refractivity contribution >= 4 is 11.9 Å². The molecule has 3 N–H and O–H groups in total. The number of H-pyrrole nitrogens is 1. The van der Waals surface area contributed by atoms with Gasteiger partial charge in [-0.2, -0.15) is 5.21 Å². The molecule has 0 fully saturated rings. The SMILES string of the molecule is O=C(O)CCCCCCNC(=O)c1nn[nH]n1. The van der Waals surface area contributed by atoms with Crippen LogP contribution in [0.5, 0.6) is 0 Å². The Morgan fingerprint density at radius 1 is 1.24 bits per heavy atom. The molecule has 0 aliphatic carbocycles. The molecule has 0 radical (unpaired) electrons. The van der Waals surface area contributed by atoms with E-state index in [1.165, 1.54) is 0 Å². The van der Waals surface area contributed by atoms with Crippen LogP contribution in [0.4, 0.5) is 0 Å². The molecule has 1 aromatic rings. The van der Waals surface area contributed by atoms with Gasteiger partial charge < -0.3 is 10.4 Å². The average Bonchev–Trinajstić information content (AvgIpc) is 2.80. The van der Waals surface area contributed by atoms with Crippen LogP contribution in [-0.4, -0.2) is 44.2 Å². The number of aliphatic carboxylic acids is 1. The number of carbonyl (C=O) groups is 2. The molecule has 0 saturated heterocycles. The lowest BCUT2D eigenvalue weighted by molar-refractivity contribution is -0.137. The molecule has 0 aliphatic rings. The second-order valence-corrected chi connectivity index (χ2v) is 3.55. The van der Waals surface area contributed by atoms with Crippen LogP contribution in [0.2, 0.25) is 0 Å². The summed E-state index contributed by atoms with van der Waals surface area (Å²) < 4.78 is 0. The third-order valence-corrected chi connectivity index (χ3v) is 2.15. The monoisotopic (exact) mass is 241 g/mol. The van der Waals surface area contributed by atoms with Crippen molar-refractivity contribution in [2.75, 3.05) is 6.54 Å². The standard InChI is InChI=1S/C9H15N5O3/c15-7(16)5-3-1-2-4-6-10-9(17)8-11-13-14-12-8/h1-6H2,(H,10,17)(H,15,16)(H,11,12,13,14). The summed E-state index contributed by atoms with van der Waals surface area (Å²) in [6, 6.07) is 0. The lowest BCUT2D eigenvalue weighted by Crippen LogP contribution is -2.25. The van der Waals surface area contributed by atoms with Crippen molar-refractivity contribution < 1.29 is 14.7 Å². The van der Waals surface area contributed by atoms with E-state index in [9.17, 15) is 9.59 Å². The number of aromatic amines is 1. The molecule has 8 heteroatoms. The van der Waals surface area contributed by atoms with Crippen molar-refractivity contribution in [1.82, 2.24) is 25.9 Å². The van der Waals surface area contributed by atoms with Crippen LogP contribution in [-0.2, 0) is 4.79 Å². The fraction of sp³-hybridized carbons (Fsp3) is 0.667. The van der Waals surface area contributed by atoms with Crippen LogP contribution < -0.4 is 5.32 Å². The zero-order valence-corrected chi connectivity index (χ0v) is 9.35. The molecule has 0 bridgehead atoms. The molecule has 1 aromatic heterocycles. The summed E-state index contributed by atoms with van der Waals surface area (Å²) in [5, 5.41) is 23.6. The Bertz CT molecular complexity index is 352. The fourth-order valence-corrected chi connectivity index (χ4v) is 1.29. The smallest absolute Gasteiger partial charge is 0.303 e. The van der Waals surface area contributed by atoms with E-state index >= 15 is 0 Å². The molecule has 0 unspecified atom stereocenters. The highest BCUT2D eigenvalue weighted by molar-refractivity contribution is 5.89. The minimum atomic E-state index is -0.768. The molecule has 0 spiro atoms. The van der Waals surface area contributed by atoms with Crippen molar-refractivity contribution in [3.8, 4) is 0 Å². The van der Waals surface area contributed by atoms with Gasteiger partial charge in [-0.3, -0.25) is 9.59 Å². The normalized spacial score (nSPS) is 10.1. The maximum atomic E-state index is 11.3. The van der Waals surface area contributed by atoms with E-state index in [1.54, 1.807) is 0 Å². The first-order chi connectivity index (χ1) is 8.20. The quantitative estimate of drug-likeness (QED) is 0.549. The molecule has 94 valence electrons. The van der Waals surface area contributed by atoms with Crippen LogP contribution in [0.25, 0.3) is 0 Å². The Hall–Kier alpha value is -1.99. The van der Waals surface area contributed by atoms with Crippen LogP contribution in [0.15, 0.2) is 0 Å². The highest BCUT2D eigenvalue weighted by Gasteiger charge is 2.08. The molecule has 1 rings (SSSR count). The van der Waals surface area contributed by atoms with Crippen molar-refractivity contribution in [3.05, 3.63) is 5.82 Å². The van der Waals surface area contributed by atoms with E-state index in [4.69, 9.17) is 5.11 Å². The summed E-state index contributed by atoms with van der Waals surface area (Å²) in [7, 11) is 0. The highest BCUT2D eigenvalue weighted by Crippen LogP contribution is 2.02. The minimum absolute atomic E-state index is 0.0240. The zero-order chi connectivity index (χ0) is 12.5. The summed E-state index contributed by atoms with van der Waals surface area (Å²) in [5.41, 5.74) is 0. The van der Waals surface area contributed by atoms with Gasteiger partial charge in [-0.15, -0.1) is 10.2 Å². The Morgan fingerprint density at radius 2 is 2.00 bits per heavy atom. The van der Waals surface area contributed by atoms with E-state index in [2.05, 4.69) is 25.9 Å². The number of aromatic nitrogens is 4. The van der Waals surface area contributed by atoms with Crippen molar-refractivity contribution in [2.24, 2.45) is 0 Å². The Kier molecular flexibility index (Phi) is 5.62. The molecule has 0 aromatic carbocycles. The third-order valence-electron chi connectivity index (χ3n) is 2.15. The summed E-state index contributed by atoms with van der Waals surface area (Å²) >= 11 is 0. The largest absolute Gasteiger partial charge is 0.481 e. The van der Waals surface area contributed by atoms with Gasteiger partial charge in [-0.05, 0) is 18.1 Å². The van der Waals surface area contributed by atoms with Gasteiger partial charge in [0.05, 0.1) is 0 Å². The first kappa shape index (κ1) is 13.1. The van der Waals surface area contributed by atoms with Gasteiger partial charge >= 0.3 is 5.97 Å². The van der Waals surface area contributed by atoms with Crippen molar-refractivity contribution in [1.29, 1.82) is 0 Å². The predicted molar refractivity (Wildman–Crippen MR) is 57.2 cm³/mol. The second kappa shape index (κ2) is 7.31. The Balaban J connectivity index is 1.97. The van der Waals surface area contributed by atoms with E-state index in [0.717, 1.165) is 19.3 Å². The van der Waals surface area contributed by atoms with Gasteiger partial charge in [-0.25, -0.2) is 0 Å². The first-order valence-electron chi connectivity index (χ1n) is 5.43. The lowest BCUT2D eigenvalue weighted by Gasteiger charge is -2.01. The number of carbonyl (C=O) groups excluding carboxylic acids is 1. The number of unbranched alkanes of at least 4 members (excludes halogenated alkanes) is 3. The zero-order valence-electron chi connectivity index (χ0n) is 9.35. The van der Waals surface area contributed by atoms with Gasteiger partial charge in [0.25, 0.3) is 11.7 Å². The Morgan fingerprint density at radius 3 is 2.65 bits per heavy atom. The number of tetrazole rings is 1. The molecule has 0 aliphatic heterocycles. The molecule has 1 amide bonds. The van der Waals surface area contributed by atoms with Gasteiger partial charge in [0.15, 0.2) is 0 Å². The fourth-order valence-electron chi connectivity index (χ4n) is 1.29. The summed E-state index contributed by atoms with van der Waals surface area (Å²) in [5.74, 6) is -1.10. The number of carboxylic acids is 1. The molecule has 17 heavy (non-hydrogen) atoms. The molecular weight excluding hydrogens is 226 g/mol. The number of rotatable bonds is 8. The number of carboxylic acid groups (broad SMARTS) is 1. The minimum Gasteiger partial charge on any atom is -0.481 e. The summed E-state index contributed by atoms with van der Waals surface area (Å²) in [6.45, 7) is 0.528. The van der Waals surface area contributed by atoms with E-state index in [-0.39, 0.29) is 18.2 Å². The lowest BCUT2D eigenvalue weighted by atomic mass is 10.1. The topological polar surface area (TPSA) is 121 Å². The second-order valence-electron chi connectivity index (χ2n) is 3.55. The van der Waals surface area contributed by atoms with Gasteiger partial charge in [0.2, 0.25) is 0 Å². The van der Waals surface area contributed by atoms with E-state index in [0.29, 0.717) is 13.0 Å². The number of hydrogen-bond acceptors (Lipinski definition) is 5. The van der Waals surface area contributed by atoms with E-state index < -0.39 is 5.97 Å². The number of hydrogen-bond donors (Lipinski definition) is 3. The number of nitrogens with zero attached hydrogens (tertiary/aromatic N) is 3. The molecule has 0 atom stereocenters. The third kappa shape index (κ3) is 5.59. The first-order valence-corrected chi connectivity index (χ1v) is 5.43. The maximum absolute atomic E-state index is 11.3. The Labute approximate surface area is 97.8 Å². The van der Waals surface area contributed by atoms with Crippen LogP contribution >= 0.6 is 0 Å². The maximum Gasteiger partial charge on any atom is 0.303 e. The van der Waals surface area contributed by atoms with Gasteiger partial charge in [0.1, 0.15) is 0 Å². The van der Waals surface area contributed by atoms with Gasteiger partial charge in [-0.1, -0.05) is 12.8 Å². The number of nitrogens with one attached hydrogen (secondary N) is 2. The summed E-state index contributed by atoms with van der Waals surface area (Å²) in [6.07, 6.45) is 3.43. The van der Waals surface area contributed by atoms with E-state index in [1.807, 2.05) is 0 Å². The van der Waals surface area contributed by atoms with Crippen LogP contribution in [0, 0.1) is 0 Å². The van der Waals surface area contributed by atoms with Gasteiger partial charge in [0, 0.05) is 13.0 Å². The molecule has 1 heterocycles.